The number of amides is 1. The van der Waals surface area contributed by atoms with Gasteiger partial charge in [0.1, 0.15) is 11.5 Å². The SMILES string of the molecule is COc1ccccc1-c1csc(NC(=O)COc2ccccc2-c2ccccc2)n1. The smallest absolute Gasteiger partial charge is 0.264 e. The predicted octanol–water partition coefficient (Wildman–Crippen LogP) is 5.50. The zero-order valence-electron chi connectivity index (χ0n) is 16.4. The number of hydrogen-bond acceptors (Lipinski definition) is 5. The Labute approximate surface area is 178 Å². The maximum Gasteiger partial charge on any atom is 0.264 e. The number of anilines is 1. The van der Waals surface area contributed by atoms with Crippen LogP contribution >= 0.6 is 11.3 Å². The van der Waals surface area contributed by atoms with Crippen LogP contribution in [0.25, 0.3) is 22.4 Å². The van der Waals surface area contributed by atoms with Crippen LogP contribution in [0.5, 0.6) is 11.5 Å². The van der Waals surface area contributed by atoms with E-state index in [4.69, 9.17) is 9.47 Å². The molecule has 0 spiro atoms. The van der Waals surface area contributed by atoms with Crippen molar-refractivity contribution in [1.29, 1.82) is 0 Å². The number of para-hydroxylation sites is 2. The van der Waals surface area contributed by atoms with Gasteiger partial charge in [-0.25, -0.2) is 4.98 Å². The minimum absolute atomic E-state index is 0.104. The van der Waals surface area contributed by atoms with E-state index in [0.717, 1.165) is 28.1 Å². The van der Waals surface area contributed by atoms with Crippen LogP contribution in [0.3, 0.4) is 0 Å². The van der Waals surface area contributed by atoms with E-state index in [2.05, 4.69) is 10.3 Å². The number of aromatic nitrogens is 1. The Hall–Kier alpha value is -3.64. The van der Waals surface area contributed by atoms with Crippen molar-refractivity contribution in [3.63, 3.8) is 0 Å². The molecule has 1 heterocycles. The van der Waals surface area contributed by atoms with E-state index in [1.54, 1.807) is 7.11 Å². The third-order valence-electron chi connectivity index (χ3n) is 4.46. The summed E-state index contributed by atoms with van der Waals surface area (Å²) in [4.78, 5) is 16.9. The molecule has 4 rings (SSSR count). The average Bonchev–Trinajstić information content (AvgIpc) is 3.26. The summed E-state index contributed by atoms with van der Waals surface area (Å²) in [6.07, 6.45) is 0. The molecule has 0 radical (unpaired) electrons. The second kappa shape index (κ2) is 9.24. The molecule has 3 aromatic carbocycles. The van der Waals surface area contributed by atoms with E-state index in [0.29, 0.717) is 10.9 Å². The molecule has 0 fully saturated rings. The third-order valence-corrected chi connectivity index (χ3v) is 5.22. The van der Waals surface area contributed by atoms with E-state index >= 15 is 0 Å². The van der Waals surface area contributed by atoms with Gasteiger partial charge in [-0.15, -0.1) is 11.3 Å². The zero-order valence-corrected chi connectivity index (χ0v) is 17.2. The van der Waals surface area contributed by atoms with Gasteiger partial charge in [0.2, 0.25) is 0 Å². The lowest BCUT2D eigenvalue weighted by Gasteiger charge is -2.11. The second-order valence-corrected chi connectivity index (χ2v) is 7.30. The first-order valence-corrected chi connectivity index (χ1v) is 10.3. The summed E-state index contributed by atoms with van der Waals surface area (Å²) < 4.78 is 11.2. The summed E-state index contributed by atoms with van der Waals surface area (Å²) in [6, 6.07) is 25.2. The summed E-state index contributed by atoms with van der Waals surface area (Å²) in [5.41, 5.74) is 3.61. The molecule has 1 aromatic heterocycles. The number of thiazole rings is 1. The van der Waals surface area contributed by atoms with E-state index < -0.39 is 0 Å². The van der Waals surface area contributed by atoms with Crippen molar-refractivity contribution >= 4 is 22.4 Å². The number of carbonyl (C=O) groups is 1. The lowest BCUT2D eigenvalue weighted by molar-refractivity contribution is -0.118. The fourth-order valence-electron chi connectivity index (χ4n) is 3.06. The molecular formula is C24H20N2O3S. The topological polar surface area (TPSA) is 60.5 Å². The van der Waals surface area contributed by atoms with Crippen LogP contribution in [0.4, 0.5) is 5.13 Å². The Kier molecular flexibility index (Phi) is 6.06. The maximum absolute atomic E-state index is 12.4. The molecule has 0 bridgehead atoms. The van der Waals surface area contributed by atoms with Crippen LogP contribution in [0.1, 0.15) is 0 Å². The van der Waals surface area contributed by atoms with Gasteiger partial charge in [0, 0.05) is 16.5 Å². The Balaban J connectivity index is 1.42. The summed E-state index contributed by atoms with van der Waals surface area (Å²) in [7, 11) is 1.62. The molecule has 0 saturated carbocycles. The van der Waals surface area contributed by atoms with Crippen LogP contribution in [0.2, 0.25) is 0 Å². The van der Waals surface area contributed by atoms with Gasteiger partial charge >= 0.3 is 0 Å². The van der Waals surface area contributed by atoms with E-state index in [-0.39, 0.29) is 12.5 Å². The molecule has 6 heteroatoms. The van der Waals surface area contributed by atoms with Crippen molar-refractivity contribution in [3.05, 3.63) is 84.2 Å². The average molecular weight is 417 g/mol. The molecule has 0 aliphatic heterocycles. The number of benzene rings is 3. The van der Waals surface area contributed by atoms with Gasteiger partial charge in [-0.2, -0.15) is 0 Å². The predicted molar refractivity (Wildman–Crippen MR) is 120 cm³/mol. The van der Waals surface area contributed by atoms with Crippen LogP contribution in [-0.2, 0) is 4.79 Å². The molecule has 4 aromatic rings. The standard InChI is InChI=1S/C24H20N2O3S/c1-28-21-13-7-6-12-19(21)20-16-30-24(25-20)26-23(27)15-29-22-14-8-5-11-18(22)17-9-3-2-4-10-17/h2-14,16H,15H2,1H3,(H,25,26,27). The highest BCUT2D eigenvalue weighted by Crippen LogP contribution is 2.32. The highest BCUT2D eigenvalue weighted by Gasteiger charge is 2.13. The Bertz CT molecular complexity index is 1140. The van der Waals surface area contributed by atoms with Crippen LogP contribution < -0.4 is 14.8 Å². The third kappa shape index (κ3) is 4.50. The van der Waals surface area contributed by atoms with Gasteiger partial charge in [0.05, 0.1) is 12.8 Å². The van der Waals surface area contributed by atoms with E-state index in [9.17, 15) is 4.79 Å². The highest BCUT2D eigenvalue weighted by atomic mass is 32.1. The molecule has 0 aliphatic carbocycles. The molecule has 0 aliphatic rings. The summed E-state index contributed by atoms with van der Waals surface area (Å²) in [5.74, 6) is 1.13. The largest absolute Gasteiger partial charge is 0.496 e. The summed E-state index contributed by atoms with van der Waals surface area (Å²) in [6.45, 7) is -0.104. The molecule has 150 valence electrons. The van der Waals surface area contributed by atoms with E-state index in [1.165, 1.54) is 11.3 Å². The minimum atomic E-state index is -0.265. The quantitative estimate of drug-likeness (QED) is 0.432. The van der Waals surface area contributed by atoms with Crippen LogP contribution in [-0.4, -0.2) is 24.6 Å². The molecule has 1 amide bonds. The van der Waals surface area contributed by atoms with Crippen molar-refractivity contribution in [2.24, 2.45) is 0 Å². The van der Waals surface area contributed by atoms with Gasteiger partial charge < -0.3 is 9.47 Å². The van der Waals surface area contributed by atoms with Gasteiger partial charge in [-0.05, 0) is 23.8 Å². The summed E-state index contributed by atoms with van der Waals surface area (Å²) >= 11 is 1.36. The van der Waals surface area contributed by atoms with Gasteiger partial charge in [-0.3, -0.25) is 10.1 Å². The lowest BCUT2D eigenvalue weighted by atomic mass is 10.1. The highest BCUT2D eigenvalue weighted by molar-refractivity contribution is 7.14. The first kappa shape index (κ1) is 19.7. The number of carbonyl (C=O) groups excluding carboxylic acids is 1. The molecule has 1 N–H and O–H groups in total. The fraction of sp³-hybridized carbons (Fsp3) is 0.0833. The van der Waals surface area contributed by atoms with Crippen LogP contribution in [0, 0.1) is 0 Å². The molecule has 0 saturated heterocycles. The van der Waals surface area contributed by atoms with Gasteiger partial charge in [0.25, 0.3) is 5.91 Å². The Morgan fingerprint density at radius 3 is 2.33 bits per heavy atom. The second-order valence-electron chi connectivity index (χ2n) is 6.44. The van der Waals surface area contributed by atoms with Crippen LogP contribution in [0.15, 0.2) is 84.2 Å². The lowest BCUT2D eigenvalue weighted by Crippen LogP contribution is -2.20. The van der Waals surface area contributed by atoms with Crippen molar-refractivity contribution in [3.8, 4) is 33.9 Å². The minimum Gasteiger partial charge on any atom is -0.496 e. The Morgan fingerprint density at radius 2 is 1.57 bits per heavy atom. The first-order chi connectivity index (χ1) is 14.7. The molecule has 5 nitrogen and oxygen atoms in total. The summed E-state index contributed by atoms with van der Waals surface area (Å²) in [5, 5.41) is 5.20. The fourth-order valence-corrected chi connectivity index (χ4v) is 3.79. The van der Waals surface area contributed by atoms with Gasteiger partial charge in [0.15, 0.2) is 11.7 Å². The number of rotatable bonds is 7. The molecule has 0 atom stereocenters. The van der Waals surface area contributed by atoms with Crippen molar-refractivity contribution in [2.75, 3.05) is 19.0 Å². The van der Waals surface area contributed by atoms with E-state index in [1.807, 2.05) is 84.2 Å². The molecular weight excluding hydrogens is 396 g/mol. The first-order valence-electron chi connectivity index (χ1n) is 9.40. The zero-order chi connectivity index (χ0) is 20.8. The monoisotopic (exact) mass is 416 g/mol. The number of hydrogen-bond donors (Lipinski definition) is 1. The van der Waals surface area contributed by atoms with Crippen molar-refractivity contribution < 1.29 is 14.3 Å². The Morgan fingerprint density at radius 1 is 0.900 bits per heavy atom. The number of nitrogens with zero attached hydrogens (tertiary/aromatic N) is 1. The molecule has 30 heavy (non-hydrogen) atoms. The molecule has 0 unspecified atom stereocenters. The number of nitrogens with one attached hydrogen (secondary N) is 1. The number of methoxy groups -OCH3 is 1. The van der Waals surface area contributed by atoms with Gasteiger partial charge in [-0.1, -0.05) is 60.7 Å². The van der Waals surface area contributed by atoms with Crippen molar-refractivity contribution in [2.45, 2.75) is 0 Å². The van der Waals surface area contributed by atoms with Crippen molar-refractivity contribution in [1.82, 2.24) is 4.98 Å². The normalized spacial score (nSPS) is 10.4. The number of ether oxygens (including phenoxy) is 2. The maximum atomic E-state index is 12.4.